The van der Waals surface area contributed by atoms with Crippen molar-refractivity contribution in [3.63, 3.8) is 0 Å². The van der Waals surface area contributed by atoms with E-state index in [1.54, 1.807) is 0 Å². The smallest absolute Gasteiger partial charge is 0.00271 e. The fourth-order valence-electron chi connectivity index (χ4n) is 2.33. The molecule has 14 heavy (non-hydrogen) atoms. The molecule has 0 fully saturated rings. The van der Waals surface area contributed by atoms with Crippen LogP contribution in [0.3, 0.4) is 0 Å². The second-order valence-corrected chi connectivity index (χ2v) is 4.05. The maximum absolute atomic E-state index is 3.91. The van der Waals surface area contributed by atoms with Crippen molar-refractivity contribution in [3.05, 3.63) is 60.2 Å². The van der Waals surface area contributed by atoms with Crippen LogP contribution in [0.4, 0.5) is 0 Å². The molecular weight excluding hydrogens is 168 g/mol. The number of rotatable bonds is 2. The molecule has 72 valence electrons. The summed E-state index contributed by atoms with van der Waals surface area (Å²) in [7, 11) is 0. The predicted molar refractivity (Wildman–Crippen MR) is 61.7 cm³/mol. The van der Waals surface area contributed by atoms with Gasteiger partial charge in [-0.2, -0.15) is 0 Å². The molecule has 0 aromatic heterocycles. The van der Waals surface area contributed by atoms with E-state index in [4.69, 9.17) is 0 Å². The standard InChI is InChI=1S/C14H16/c1-4-11-9-12(5-2)14-8-10(3)6-7-13(11)14/h4-8,11-12H,1-2,9H2,3H3. The van der Waals surface area contributed by atoms with Gasteiger partial charge in [0.15, 0.2) is 0 Å². The zero-order chi connectivity index (χ0) is 10.1. The number of fused-ring (bicyclic) bond motifs is 1. The number of allylic oxidation sites excluding steroid dienone is 2. The lowest BCUT2D eigenvalue weighted by Gasteiger charge is -2.06. The molecule has 0 spiro atoms. The van der Waals surface area contributed by atoms with Gasteiger partial charge in [0.1, 0.15) is 0 Å². The number of hydrogen-bond donors (Lipinski definition) is 0. The van der Waals surface area contributed by atoms with E-state index in [0.29, 0.717) is 11.8 Å². The Bertz CT molecular complexity index is 374. The molecule has 0 bridgehead atoms. The maximum atomic E-state index is 3.91. The first-order valence-corrected chi connectivity index (χ1v) is 5.12. The van der Waals surface area contributed by atoms with E-state index in [9.17, 15) is 0 Å². The molecule has 0 aliphatic heterocycles. The van der Waals surface area contributed by atoms with Gasteiger partial charge in [-0.15, -0.1) is 13.2 Å². The summed E-state index contributed by atoms with van der Waals surface area (Å²) < 4.78 is 0. The van der Waals surface area contributed by atoms with Crippen LogP contribution >= 0.6 is 0 Å². The largest absolute Gasteiger partial charge is 0.102 e. The molecule has 2 atom stereocenters. The number of benzene rings is 1. The van der Waals surface area contributed by atoms with E-state index in [1.807, 2.05) is 0 Å². The molecule has 0 heterocycles. The Morgan fingerprint density at radius 1 is 1.14 bits per heavy atom. The first-order chi connectivity index (χ1) is 6.76. The number of hydrogen-bond acceptors (Lipinski definition) is 0. The lowest BCUT2D eigenvalue weighted by molar-refractivity contribution is 0.751. The second-order valence-electron chi connectivity index (χ2n) is 4.05. The van der Waals surface area contributed by atoms with E-state index in [2.05, 4.69) is 50.4 Å². The number of aryl methyl sites for hydroxylation is 1. The molecule has 1 aliphatic rings. The summed E-state index contributed by atoms with van der Waals surface area (Å²) in [4.78, 5) is 0. The fourth-order valence-corrected chi connectivity index (χ4v) is 2.33. The van der Waals surface area contributed by atoms with Gasteiger partial charge in [0.2, 0.25) is 0 Å². The molecule has 2 rings (SSSR count). The molecule has 1 aliphatic carbocycles. The van der Waals surface area contributed by atoms with Crippen molar-refractivity contribution < 1.29 is 0 Å². The van der Waals surface area contributed by atoms with Crippen LogP contribution in [-0.4, -0.2) is 0 Å². The Labute approximate surface area is 86.0 Å². The normalized spacial score (nSPS) is 24.4. The van der Waals surface area contributed by atoms with Crippen LogP contribution in [-0.2, 0) is 0 Å². The van der Waals surface area contributed by atoms with Crippen molar-refractivity contribution in [2.45, 2.75) is 25.2 Å². The van der Waals surface area contributed by atoms with Crippen LogP contribution in [0.5, 0.6) is 0 Å². The Kier molecular flexibility index (Phi) is 2.28. The monoisotopic (exact) mass is 184 g/mol. The topological polar surface area (TPSA) is 0 Å². The first kappa shape index (κ1) is 9.26. The van der Waals surface area contributed by atoms with Crippen molar-refractivity contribution in [2.24, 2.45) is 0 Å². The molecule has 0 N–H and O–H groups in total. The van der Waals surface area contributed by atoms with Crippen LogP contribution in [0.1, 0.15) is 34.9 Å². The molecule has 0 amide bonds. The van der Waals surface area contributed by atoms with Gasteiger partial charge in [0.05, 0.1) is 0 Å². The highest BCUT2D eigenvalue weighted by Crippen LogP contribution is 2.42. The van der Waals surface area contributed by atoms with Gasteiger partial charge in [-0.25, -0.2) is 0 Å². The minimum Gasteiger partial charge on any atom is -0.102 e. The molecule has 1 aromatic rings. The van der Waals surface area contributed by atoms with Gasteiger partial charge >= 0.3 is 0 Å². The van der Waals surface area contributed by atoms with Gasteiger partial charge in [-0.1, -0.05) is 35.9 Å². The molecular formula is C14H16. The lowest BCUT2D eigenvalue weighted by atomic mass is 9.99. The van der Waals surface area contributed by atoms with Crippen LogP contribution in [0, 0.1) is 6.92 Å². The highest BCUT2D eigenvalue weighted by Gasteiger charge is 2.26. The van der Waals surface area contributed by atoms with E-state index in [0.717, 1.165) is 6.42 Å². The minimum atomic E-state index is 0.521. The highest BCUT2D eigenvalue weighted by atomic mass is 14.3. The van der Waals surface area contributed by atoms with Crippen LogP contribution in [0.15, 0.2) is 43.5 Å². The van der Waals surface area contributed by atoms with Crippen molar-refractivity contribution in [1.82, 2.24) is 0 Å². The SMILES string of the molecule is C=CC1CC(C=C)c2cc(C)ccc21. The predicted octanol–water partition coefficient (Wildman–Crippen LogP) is 3.94. The fraction of sp³-hybridized carbons (Fsp3) is 0.286. The van der Waals surface area contributed by atoms with Crippen LogP contribution in [0.25, 0.3) is 0 Å². The van der Waals surface area contributed by atoms with Crippen molar-refractivity contribution in [1.29, 1.82) is 0 Å². The molecule has 0 nitrogen and oxygen atoms in total. The summed E-state index contributed by atoms with van der Waals surface area (Å²) >= 11 is 0. The molecule has 1 aromatic carbocycles. The van der Waals surface area contributed by atoms with Crippen molar-refractivity contribution in [2.75, 3.05) is 0 Å². The van der Waals surface area contributed by atoms with Gasteiger partial charge in [0.25, 0.3) is 0 Å². The molecule has 0 saturated heterocycles. The van der Waals surface area contributed by atoms with Gasteiger partial charge < -0.3 is 0 Å². The van der Waals surface area contributed by atoms with Gasteiger partial charge in [-0.3, -0.25) is 0 Å². The van der Waals surface area contributed by atoms with E-state index >= 15 is 0 Å². The summed E-state index contributed by atoms with van der Waals surface area (Å²) in [6.45, 7) is 9.94. The Morgan fingerprint density at radius 2 is 1.79 bits per heavy atom. The summed E-state index contributed by atoms with van der Waals surface area (Å²) in [6, 6.07) is 6.70. The van der Waals surface area contributed by atoms with Crippen molar-refractivity contribution >= 4 is 0 Å². The Morgan fingerprint density at radius 3 is 2.43 bits per heavy atom. The summed E-state index contributed by atoms with van der Waals surface area (Å²) in [5, 5.41) is 0. The summed E-state index contributed by atoms with van der Waals surface area (Å²) in [5.74, 6) is 1.04. The highest BCUT2D eigenvalue weighted by molar-refractivity contribution is 5.44. The Balaban J connectivity index is 2.52. The van der Waals surface area contributed by atoms with E-state index < -0.39 is 0 Å². The average molecular weight is 184 g/mol. The second kappa shape index (κ2) is 3.45. The van der Waals surface area contributed by atoms with Crippen LogP contribution < -0.4 is 0 Å². The van der Waals surface area contributed by atoms with Crippen molar-refractivity contribution in [3.8, 4) is 0 Å². The first-order valence-electron chi connectivity index (χ1n) is 5.12. The zero-order valence-electron chi connectivity index (χ0n) is 8.66. The third kappa shape index (κ3) is 1.31. The molecule has 2 unspecified atom stereocenters. The van der Waals surface area contributed by atoms with Gasteiger partial charge in [0, 0.05) is 11.8 Å². The average Bonchev–Trinajstić information content (AvgIpc) is 2.55. The zero-order valence-corrected chi connectivity index (χ0v) is 8.66. The molecule has 0 radical (unpaired) electrons. The Hall–Kier alpha value is -1.30. The molecule has 0 saturated carbocycles. The van der Waals surface area contributed by atoms with Crippen LogP contribution in [0.2, 0.25) is 0 Å². The van der Waals surface area contributed by atoms with E-state index in [1.165, 1.54) is 16.7 Å². The third-order valence-electron chi connectivity index (χ3n) is 3.12. The maximum Gasteiger partial charge on any atom is 0.00271 e. The molecule has 0 heteroatoms. The summed E-state index contributed by atoms with van der Waals surface area (Å²) in [5.41, 5.74) is 4.22. The van der Waals surface area contributed by atoms with E-state index in [-0.39, 0.29) is 0 Å². The lowest BCUT2D eigenvalue weighted by Crippen LogP contribution is -1.88. The summed E-state index contributed by atoms with van der Waals surface area (Å²) in [6.07, 6.45) is 5.26. The van der Waals surface area contributed by atoms with Gasteiger partial charge in [-0.05, 0) is 24.5 Å². The third-order valence-corrected chi connectivity index (χ3v) is 3.12. The minimum absolute atomic E-state index is 0.521. The quantitative estimate of drug-likeness (QED) is 0.611.